The largest absolute Gasteiger partial charge is 0.466 e. The van der Waals surface area contributed by atoms with Crippen molar-refractivity contribution in [1.82, 2.24) is 4.90 Å². The quantitative estimate of drug-likeness (QED) is 0.426. The lowest BCUT2D eigenvalue weighted by Gasteiger charge is -2.09. The Balaban J connectivity index is 3.18. The van der Waals surface area contributed by atoms with E-state index < -0.39 is 0 Å². The lowest BCUT2D eigenvalue weighted by Crippen LogP contribution is -2.16. The standard InChI is InChI=1S/C13H27NO2/c1-4-5-6-7-8-10-13(15)16-12-9-11-14(2)3/h4-12H2,1-3H3. The molecule has 16 heavy (non-hydrogen) atoms. The highest BCUT2D eigenvalue weighted by atomic mass is 16.5. The lowest BCUT2D eigenvalue weighted by molar-refractivity contribution is -0.143. The van der Waals surface area contributed by atoms with E-state index in [0.717, 1.165) is 25.8 Å². The zero-order valence-corrected chi connectivity index (χ0v) is 11.1. The van der Waals surface area contributed by atoms with Crippen LogP contribution >= 0.6 is 0 Å². The van der Waals surface area contributed by atoms with Crippen LogP contribution in [0.2, 0.25) is 0 Å². The van der Waals surface area contributed by atoms with E-state index in [0.29, 0.717) is 13.0 Å². The summed E-state index contributed by atoms with van der Waals surface area (Å²) in [7, 11) is 4.05. The molecular weight excluding hydrogens is 202 g/mol. The molecule has 0 N–H and O–H groups in total. The molecule has 0 amide bonds. The molecule has 0 aliphatic rings. The van der Waals surface area contributed by atoms with Gasteiger partial charge in [-0.25, -0.2) is 0 Å². The molecule has 0 spiro atoms. The summed E-state index contributed by atoms with van der Waals surface area (Å²) in [6.07, 6.45) is 7.41. The maximum Gasteiger partial charge on any atom is 0.305 e. The number of unbranched alkanes of at least 4 members (excludes halogenated alkanes) is 4. The lowest BCUT2D eigenvalue weighted by atomic mass is 10.1. The van der Waals surface area contributed by atoms with Crippen molar-refractivity contribution in [3.63, 3.8) is 0 Å². The van der Waals surface area contributed by atoms with Crippen molar-refractivity contribution in [2.24, 2.45) is 0 Å². The van der Waals surface area contributed by atoms with Gasteiger partial charge in [-0.3, -0.25) is 4.79 Å². The number of hydrogen-bond acceptors (Lipinski definition) is 3. The third-order valence-corrected chi connectivity index (χ3v) is 2.50. The first-order valence-corrected chi connectivity index (χ1v) is 6.47. The molecule has 0 unspecified atom stereocenters. The molecule has 0 atom stereocenters. The second kappa shape index (κ2) is 10.9. The normalized spacial score (nSPS) is 10.8. The fourth-order valence-corrected chi connectivity index (χ4v) is 1.51. The smallest absolute Gasteiger partial charge is 0.305 e. The Morgan fingerprint density at radius 3 is 2.38 bits per heavy atom. The molecule has 0 saturated heterocycles. The molecule has 0 radical (unpaired) electrons. The monoisotopic (exact) mass is 229 g/mol. The molecule has 0 aliphatic heterocycles. The van der Waals surface area contributed by atoms with Crippen LogP contribution in [0.15, 0.2) is 0 Å². The van der Waals surface area contributed by atoms with Crippen molar-refractivity contribution in [3.05, 3.63) is 0 Å². The SMILES string of the molecule is CCCCCCCC(=O)OCCCN(C)C. The number of ether oxygens (including phenoxy) is 1. The van der Waals surface area contributed by atoms with Crippen molar-refractivity contribution in [3.8, 4) is 0 Å². The van der Waals surface area contributed by atoms with Gasteiger partial charge in [-0.1, -0.05) is 32.6 Å². The van der Waals surface area contributed by atoms with E-state index in [1.807, 2.05) is 14.1 Å². The Labute approximate surface area is 100 Å². The predicted octanol–water partition coefficient (Wildman–Crippen LogP) is 2.84. The van der Waals surface area contributed by atoms with Gasteiger partial charge in [-0.15, -0.1) is 0 Å². The summed E-state index contributed by atoms with van der Waals surface area (Å²) in [5.74, 6) is -0.0322. The first-order valence-electron chi connectivity index (χ1n) is 6.47. The van der Waals surface area contributed by atoms with E-state index in [1.54, 1.807) is 0 Å². The zero-order valence-electron chi connectivity index (χ0n) is 11.1. The van der Waals surface area contributed by atoms with E-state index in [-0.39, 0.29) is 5.97 Å². The summed E-state index contributed by atoms with van der Waals surface area (Å²) in [5, 5.41) is 0. The number of esters is 1. The number of carbonyl (C=O) groups excluding carboxylic acids is 1. The minimum Gasteiger partial charge on any atom is -0.466 e. The average Bonchev–Trinajstić information content (AvgIpc) is 2.24. The summed E-state index contributed by atoms with van der Waals surface area (Å²) >= 11 is 0. The van der Waals surface area contributed by atoms with Gasteiger partial charge >= 0.3 is 5.97 Å². The highest BCUT2D eigenvalue weighted by molar-refractivity contribution is 5.69. The van der Waals surface area contributed by atoms with Crippen LogP contribution in [0.1, 0.15) is 51.9 Å². The third-order valence-electron chi connectivity index (χ3n) is 2.50. The summed E-state index contributed by atoms with van der Waals surface area (Å²) in [6, 6.07) is 0. The van der Waals surface area contributed by atoms with E-state index >= 15 is 0 Å². The highest BCUT2D eigenvalue weighted by Gasteiger charge is 2.02. The Hall–Kier alpha value is -0.570. The molecule has 0 bridgehead atoms. The minimum absolute atomic E-state index is 0.0322. The van der Waals surface area contributed by atoms with E-state index in [4.69, 9.17) is 4.74 Å². The van der Waals surface area contributed by atoms with Crippen molar-refractivity contribution < 1.29 is 9.53 Å². The van der Waals surface area contributed by atoms with E-state index in [2.05, 4.69) is 11.8 Å². The second-order valence-corrected chi connectivity index (χ2v) is 4.54. The Morgan fingerprint density at radius 1 is 1.06 bits per heavy atom. The van der Waals surface area contributed by atoms with Gasteiger partial charge in [0.05, 0.1) is 6.61 Å². The van der Waals surface area contributed by atoms with Crippen LogP contribution in [0.5, 0.6) is 0 Å². The van der Waals surface area contributed by atoms with Crippen LogP contribution < -0.4 is 0 Å². The maximum absolute atomic E-state index is 11.3. The first kappa shape index (κ1) is 15.4. The molecule has 0 aromatic carbocycles. The van der Waals surface area contributed by atoms with Crippen LogP contribution in [0.4, 0.5) is 0 Å². The first-order chi connectivity index (χ1) is 7.66. The van der Waals surface area contributed by atoms with Crippen LogP contribution in [0.3, 0.4) is 0 Å². The molecule has 3 heteroatoms. The molecule has 0 aliphatic carbocycles. The van der Waals surface area contributed by atoms with Crippen LogP contribution in [-0.4, -0.2) is 38.1 Å². The van der Waals surface area contributed by atoms with Gasteiger partial charge in [0, 0.05) is 13.0 Å². The average molecular weight is 229 g/mol. The van der Waals surface area contributed by atoms with Gasteiger partial charge in [0.2, 0.25) is 0 Å². The molecule has 0 rings (SSSR count). The van der Waals surface area contributed by atoms with Crippen molar-refractivity contribution in [2.75, 3.05) is 27.2 Å². The predicted molar refractivity (Wildman–Crippen MR) is 67.5 cm³/mol. The summed E-state index contributed by atoms with van der Waals surface area (Å²) < 4.78 is 5.13. The Kier molecular flexibility index (Phi) is 10.5. The Morgan fingerprint density at radius 2 is 1.75 bits per heavy atom. The highest BCUT2D eigenvalue weighted by Crippen LogP contribution is 2.05. The minimum atomic E-state index is -0.0322. The van der Waals surface area contributed by atoms with Gasteiger partial charge in [-0.2, -0.15) is 0 Å². The van der Waals surface area contributed by atoms with Crippen LogP contribution in [0.25, 0.3) is 0 Å². The van der Waals surface area contributed by atoms with Crippen LogP contribution in [-0.2, 0) is 9.53 Å². The van der Waals surface area contributed by atoms with Crippen molar-refractivity contribution >= 4 is 5.97 Å². The van der Waals surface area contributed by atoms with Gasteiger partial charge in [0.1, 0.15) is 0 Å². The number of rotatable bonds is 10. The van der Waals surface area contributed by atoms with Gasteiger partial charge in [0.25, 0.3) is 0 Å². The van der Waals surface area contributed by atoms with E-state index in [1.165, 1.54) is 19.3 Å². The molecule has 3 nitrogen and oxygen atoms in total. The van der Waals surface area contributed by atoms with Crippen molar-refractivity contribution in [1.29, 1.82) is 0 Å². The molecule has 0 fully saturated rings. The Bertz CT molecular complexity index is 169. The second-order valence-electron chi connectivity index (χ2n) is 4.54. The molecule has 0 aromatic rings. The fourth-order valence-electron chi connectivity index (χ4n) is 1.51. The maximum atomic E-state index is 11.3. The van der Waals surface area contributed by atoms with Crippen molar-refractivity contribution in [2.45, 2.75) is 51.9 Å². The topological polar surface area (TPSA) is 29.5 Å². The molecule has 0 aromatic heterocycles. The van der Waals surface area contributed by atoms with Gasteiger partial charge < -0.3 is 9.64 Å². The number of nitrogens with zero attached hydrogens (tertiary/aromatic N) is 1. The zero-order chi connectivity index (χ0) is 12.2. The van der Waals surface area contributed by atoms with Crippen LogP contribution in [0, 0.1) is 0 Å². The summed E-state index contributed by atoms with van der Waals surface area (Å²) in [4.78, 5) is 13.4. The van der Waals surface area contributed by atoms with Gasteiger partial charge in [0.15, 0.2) is 0 Å². The summed E-state index contributed by atoms with van der Waals surface area (Å²) in [6.45, 7) is 3.73. The molecule has 0 saturated carbocycles. The van der Waals surface area contributed by atoms with E-state index in [9.17, 15) is 4.79 Å². The van der Waals surface area contributed by atoms with Gasteiger partial charge in [-0.05, 0) is 26.9 Å². The molecule has 96 valence electrons. The fraction of sp³-hybridized carbons (Fsp3) is 0.923. The number of hydrogen-bond donors (Lipinski definition) is 0. The molecular formula is C13H27NO2. The summed E-state index contributed by atoms with van der Waals surface area (Å²) in [5.41, 5.74) is 0. The number of carbonyl (C=O) groups is 1. The molecule has 0 heterocycles. The third kappa shape index (κ3) is 11.5.